The van der Waals surface area contributed by atoms with Gasteiger partial charge in [0.1, 0.15) is 0 Å². The minimum absolute atomic E-state index is 0.000942. The van der Waals surface area contributed by atoms with Gasteiger partial charge in [-0.3, -0.25) is 0 Å². The summed E-state index contributed by atoms with van der Waals surface area (Å²) >= 11 is 0. The summed E-state index contributed by atoms with van der Waals surface area (Å²) in [5.41, 5.74) is 1.93. The smallest absolute Gasteiger partial charge is 0.243 e. The zero-order valence-corrected chi connectivity index (χ0v) is 10.2. The van der Waals surface area contributed by atoms with E-state index in [-0.39, 0.29) is 12.6 Å². The van der Waals surface area contributed by atoms with Gasteiger partial charge in [0.25, 0.3) is 0 Å². The molecule has 2 N–H and O–H groups in total. The first-order valence-electron chi connectivity index (χ1n) is 5.84. The van der Waals surface area contributed by atoms with Crippen molar-refractivity contribution in [3.8, 4) is 0 Å². The monoisotopic (exact) mass is 224 g/mol. The van der Waals surface area contributed by atoms with Gasteiger partial charge in [0.2, 0.25) is 5.95 Å². The van der Waals surface area contributed by atoms with Crippen LogP contribution in [0.1, 0.15) is 38.6 Å². The minimum Gasteiger partial charge on any atom is -0.394 e. The molecule has 0 aliphatic rings. The summed E-state index contributed by atoms with van der Waals surface area (Å²) in [6, 6.07) is -0.000942. The van der Waals surface area contributed by atoms with E-state index < -0.39 is 0 Å². The maximum absolute atomic E-state index is 9.08. The van der Waals surface area contributed by atoms with E-state index in [9.17, 15) is 0 Å². The van der Waals surface area contributed by atoms with Crippen LogP contribution < -0.4 is 5.32 Å². The van der Waals surface area contributed by atoms with Crippen LogP contribution in [0, 0.1) is 0 Å². The van der Waals surface area contributed by atoms with E-state index in [4.69, 9.17) is 5.11 Å². The number of hydrogen-bond donors (Lipinski definition) is 2. The van der Waals surface area contributed by atoms with Crippen LogP contribution in [0.5, 0.6) is 0 Å². The lowest BCUT2D eigenvalue weighted by Crippen LogP contribution is -2.24. The molecule has 0 fully saturated rings. The second-order valence-electron chi connectivity index (χ2n) is 3.67. The van der Waals surface area contributed by atoms with E-state index in [0.717, 1.165) is 30.7 Å². The Bertz CT molecular complexity index is 326. The SMILES string of the molecule is CCc1nnc(NC(CC)CO)nc1CC. The van der Waals surface area contributed by atoms with Crippen LogP contribution in [-0.2, 0) is 12.8 Å². The Kier molecular flexibility index (Phi) is 5.11. The summed E-state index contributed by atoms with van der Waals surface area (Å²) in [6.45, 7) is 6.18. The first-order chi connectivity index (χ1) is 7.74. The zero-order chi connectivity index (χ0) is 12.0. The lowest BCUT2D eigenvalue weighted by Gasteiger charge is -2.14. The van der Waals surface area contributed by atoms with E-state index in [1.165, 1.54) is 0 Å². The largest absolute Gasteiger partial charge is 0.394 e. The molecule has 1 aromatic heterocycles. The molecule has 0 aliphatic heterocycles. The summed E-state index contributed by atoms with van der Waals surface area (Å²) in [5.74, 6) is 0.509. The van der Waals surface area contributed by atoms with Crippen molar-refractivity contribution in [2.45, 2.75) is 46.1 Å². The van der Waals surface area contributed by atoms with Crippen LogP contribution in [0.15, 0.2) is 0 Å². The van der Waals surface area contributed by atoms with Gasteiger partial charge in [0.15, 0.2) is 0 Å². The lowest BCUT2D eigenvalue weighted by molar-refractivity contribution is 0.271. The Morgan fingerprint density at radius 1 is 1.12 bits per heavy atom. The topological polar surface area (TPSA) is 70.9 Å². The molecule has 0 amide bonds. The van der Waals surface area contributed by atoms with Gasteiger partial charge in [-0.15, -0.1) is 5.10 Å². The molecule has 1 heterocycles. The Morgan fingerprint density at radius 3 is 2.31 bits per heavy atom. The molecule has 0 saturated heterocycles. The van der Waals surface area contributed by atoms with Crippen molar-refractivity contribution >= 4 is 5.95 Å². The molecular formula is C11H20N4O. The third-order valence-corrected chi connectivity index (χ3v) is 2.56. The summed E-state index contributed by atoms with van der Waals surface area (Å²) < 4.78 is 0. The normalized spacial score (nSPS) is 12.5. The Balaban J connectivity index is 2.82. The zero-order valence-electron chi connectivity index (χ0n) is 10.2. The molecule has 0 aliphatic carbocycles. The standard InChI is InChI=1S/C11H20N4O/c1-4-8(7-16)12-11-13-9(5-2)10(6-3)14-15-11/h8,16H,4-7H2,1-3H3,(H,12,13,15). The molecule has 5 nitrogen and oxygen atoms in total. The van der Waals surface area contributed by atoms with Gasteiger partial charge in [-0.25, -0.2) is 4.98 Å². The van der Waals surface area contributed by atoms with Crippen molar-refractivity contribution in [1.82, 2.24) is 15.2 Å². The van der Waals surface area contributed by atoms with Crippen LogP contribution in [0.4, 0.5) is 5.95 Å². The van der Waals surface area contributed by atoms with Gasteiger partial charge in [-0.2, -0.15) is 5.10 Å². The summed E-state index contributed by atoms with van der Waals surface area (Å²) in [7, 11) is 0. The number of nitrogens with zero attached hydrogens (tertiary/aromatic N) is 3. The highest BCUT2D eigenvalue weighted by Gasteiger charge is 2.09. The molecule has 90 valence electrons. The Morgan fingerprint density at radius 2 is 1.81 bits per heavy atom. The average molecular weight is 224 g/mol. The number of hydrogen-bond acceptors (Lipinski definition) is 5. The molecule has 0 aromatic carbocycles. The van der Waals surface area contributed by atoms with Gasteiger partial charge in [-0.1, -0.05) is 20.8 Å². The number of rotatable bonds is 6. The number of aliphatic hydroxyl groups is 1. The fourth-order valence-electron chi connectivity index (χ4n) is 1.46. The van der Waals surface area contributed by atoms with Crippen molar-refractivity contribution in [2.75, 3.05) is 11.9 Å². The van der Waals surface area contributed by atoms with E-state index in [1.54, 1.807) is 0 Å². The molecule has 0 saturated carbocycles. The lowest BCUT2D eigenvalue weighted by atomic mass is 10.2. The van der Waals surface area contributed by atoms with Crippen molar-refractivity contribution in [3.05, 3.63) is 11.4 Å². The Hall–Kier alpha value is -1.23. The summed E-state index contributed by atoms with van der Waals surface area (Å²) in [6.07, 6.45) is 2.53. The quantitative estimate of drug-likeness (QED) is 0.759. The van der Waals surface area contributed by atoms with Crippen molar-refractivity contribution in [3.63, 3.8) is 0 Å². The van der Waals surface area contributed by atoms with E-state index in [1.807, 2.05) is 13.8 Å². The van der Waals surface area contributed by atoms with Crippen molar-refractivity contribution in [1.29, 1.82) is 0 Å². The predicted octanol–water partition coefficient (Wildman–Crippen LogP) is 1.18. The predicted molar refractivity (Wildman–Crippen MR) is 63.4 cm³/mol. The van der Waals surface area contributed by atoms with Gasteiger partial charge in [0.05, 0.1) is 24.0 Å². The molecule has 5 heteroatoms. The second-order valence-corrected chi connectivity index (χ2v) is 3.67. The van der Waals surface area contributed by atoms with Crippen LogP contribution in [0.3, 0.4) is 0 Å². The average Bonchev–Trinajstić information content (AvgIpc) is 2.35. The molecule has 0 radical (unpaired) electrons. The maximum atomic E-state index is 9.08. The molecule has 1 rings (SSSR count). The first-order valence-corrected chi connectivity index (χ1v) is 5.84. The summed E-state index contributed by atoms with van der Waals surface area (Å²) in [5, 5.41) is 20.3. The Labute approximate surface area is 96.3 Å². The van der Waals surface area contributed by atoms with E-state index in [2.05, 4.69) is 27.4 Å². The highest BCUT2D eigenvalue weighted by Crippen LogP contribution is 2.08. The fraction of sp³-hybridized carbons (Fsp3) is 0.727. The number of nitrogens with one attached hydrogen (secondary N) is 1. The number of aromatic nitrogens is 3. The minimum atomic E-state index is -0.000942. The fourth-order valence-corrected chi connectivity index (χ4v) is 1.46. The van der Waals surface area contributed by atoms with Crippen molar-refractivity contribution in [2.24, 2.45) is 0 Å². The van der Waals surface area contributed by atoms with Crippen LogP contribution in [-0.4, -0.2) is 32.9 Å². The maximum Gasteiger partial charge on any atom is 0.243 e. The van der Waals surface area contributed by atoms with Crippen molar-refractivity contribution < 1.29 is 5.11 Å². The number of aliphatic hydroxyl groups excluding tert-OH is 1. The summed E-state index contributed by atoms with van der Waals surface area (Å²) in [4.78, 5) is 4.40. The van der Waals surface area contributed by atoms with Gasteiger partial charge in [-0.05, 0) is 19.3 Å². The number of aryl methyl sites for hydroxylation is 2. The van der Waals surface area contributed by atoms with Gasteiger partial charge in [0, 0.05) is 0 Å². The van der Waals surface area contributed by atoms with Crippen LogP contribution in [0.25, 0.3) is 0 Å². The van der Waals surface area contributed by atoms with E-state index in [0.29, 0.717) is 5.95 Å². The molecule has 1 atom stereocenters. The highest BCUT2D eigenvalue weighted by atomic mass is 16.3. The third-order valence-electron chi connectivity index (χ3n) is 2.56. The van der Waals surface area contributed by atoms with Crippen LogP contribution in [0.2, 0.25) is 0 Å². The second kappa shape index (κ2) is 6.37. The first kappa shape index (κ1) is 12.8. The molecule has 1 unspecified atom stereocenters. The number of anilines is 1. The third kappa shape index (κ3) is 3.13. The molecule has 16 heavy (non-hydrogen) atoms. The van der Waals surface area contributed by atoms with E-state index >= 15 is 0 Å². The molecular weight excluding hydrogens is 204 g/mol. The van der Waals surface area contributed by atoms with Gasteiger partial charge < -0.3 is 10.4 Å². The van der Waals surface area contributed by atoms with Gasteiger partial charge >= 0.3 is 0 Å². The highest BCUT2D eigenvalue weighted by molar-refractivity contribution is 5.27. The molecule has 0 bridgehead atoms. The molecule has 0 spiro atoms. The van der Waals surface area contributed by atoms with Crippen LogP contribution >= 0.6 is 0 Å². The molecule has 1 aromatic rings.